The Bertz CT molecular complexity index is 2140. The fourth-order valence-electron chi connectivity index (χ4n) is 7.98. The molecule has 0 N–H and O–H groups in total. The molecule has 12 nitrogen and oxygen atoms in total. The smallest absolute Gasteiger partial charge is 0.323 e. The molecule has 0 radical (unpaired) electrons. The maximum Gasteiger partial charge on any atom is 0.323 e. The van der Waals surface area contributed by atoms with Crippen LogP contribution in [0, 0.1) is 0 Å². The number of carbonyl (C=O) groups excluding carboxylic acids is 3. The molecule has 6 aromatic carbocycles. The number of hydrogen-bond donors (Lipinski definition) is 0. The topological polar surface area (TPSA) is 116 Å². The van der Waals surface area contributed by atoms with E-state index >= 15 is 0 Å². The molecule has 3 unspecified atom stereocenters. The van der Waals surface area contributed by atoms with Crippen LogP contribution in [-0.2, 0) is 67.7 Å². The highest BCUT2D eigenvalue weighted by atomic mass is 16.5. The summed E-state index contributed by atoms with van der Waals surface area (Å²) in [5.74, 6) is 0.718. The maximum atomic E-state index is 13.9. The molecule has 12 heteroatoms. The molecule has 0 aromatic heterocycles. The van der Waals surface area contributed by atoms with E-state index in [1.165, 1.54) is 21.3 Å². The Labute approximate surface area is 387 Å². The van der Waals surface area contributed by atoms with Gasteiger partial charge in [-0.15, -0.1) is 0 Å². The van der Waals surface area contributed by atoms with E-state index in [2.05, 4.69) is 0 Å². The van der Waals surface area contributed by atoms with Crippen LogP contribution in [0.25, 0.3) is 0 Å². The number of ether oxygens (including phenoxy) is 6. The third-order valence-electron chi connectivity index (χ3n) is 11.6. The first kappa shape index (κ1) is 47.0. The van der Waals surface area contributed by atoms with Crippen molar-refractivity contribution in [3.8, 4) is 17.2 Å². The molecule has 1 fully saturated rings. The lowest BCUT2D eigenvalue weighted by atomic mass is 10.0. The van der Waals surface area contributed by atoms with Gasteiger partial charge < -0.3 is 28.4 Å². The second kappa shape index (κ2) is 23.8. The SMILES string of the molecule is COC(=O)C(Cc1ccc(OCc2ccccc2)cc1)N1CN(C(Cc2ccc(OCc3ccccc3)cc2)C(=O)OC)CN(C(Cc2ccc(OCc3ccccc3)cc2)C(=O)OC)C1. The van der Waals surface area contributed by atoms with Crippen LogP contribution in [0.4, 0.5) is 0 Å². The standard InChI is InChI=1S/C54H57N3O9/c1-61-52(58)49(31-40-19-25-46(26-20-40)64-34-43-13-7-4-8-14-43)55-37-56(50(53(59)62-2)32-41-21-27-47(28-22-41)65-35-44-15-9-5-10-16-44)39-57(38-55)51(54(60)63-3)33-42-23-29-48(30-24-42)66-36-45-17-11-6-12-18-45/h4-30,49-51H,31-39H2,1-3H3. The van der Waals surface area contributed by atoms with Crippen molar-refractivity contribution < 1.29 is 42.8 Å². The largest absolute Gasteiger partial charge is 0.489 e. The molecule has 1 aliphatic rings. The Morgan fingerprint density at radius 1 is 0.364 bits per heavy atom. The number of benzene rings is 6. The van der Waals surface area contributed by atoms with Gasteiger partial charge in [0.15, 0.2) is 0 Å². The van der Waals surface area contributed by atoms with Crippen LogP contribution in [0.15, 0.2) is 164 Å². The van der Waals surface area contributed by atoms with Gasteiger partial charge in [0.2, 0.25) is 0 Å². The Kier molecular flexibility index (Phi) is 16.9. The number of rotatable bonds is 21. The van der Waals surface area contributed by atoms with Gasteiger partial charge in [-0.2, -0.15) is 0 Å². The van der Waals surface area contributed by atoms with Crippen LogP contribution in [0.3, 0.4) is 0 Å². The van der Waals surface area contributed by atoms with Crippen molar-refractivity contribution >= 4 is 17.9 Å². The normalized spacial score (nSPS) is 14.6. The van der Waals surface area contributed by atoms with E-state index in [1.54, 1.807) is 0 Å². The predicted molar refractivity (Wildman–Crippen MR) is 250 cm³/mol. The fraction of sp³-hybridized carbons (Fsp3) is 0.278. The maximum absolute atomic E-state index is 13.9. The summed E-state index contributed by atoms with van der Waals surface area (Å²) in [5, 5.41) is 0. The molecule has 6 aromatic rings. The van der Waals surface area contributed by atoms with Crippen molar-refractivity contribution in [2.75, 3.05) is 41.3 Å². The lowest BCUT2D eigenvalue weighted by Gasteiger charge is -2.48. The van der Waals surface area contributed by atoms with E-state index in [9.17, 15) is 14.4 Å². The second-order valence-electron chi connectivity index (χ2n) is 16.2. The minimum absolute atomic E-state index is 0.188. The van der Waals surface area contributed by atoms with Crippen LogP contribution in [0.5, 0.6) is 17.2 Å². The number of hydrogen-bond acceptors (Lipinski definition) is 12. The van der Waals surface area contributed by atoms with Gasteiger partial charge in [-0.3, -0.25) is 29.1 Å². The molecule has 1 aliphatic heterocycles. The molecule has 0 bridgehead atoms. The van der Waals surface area contributed by atoms with Gasteiger partial charge >= 0.3 is 17.9 Å². The van der Waals surface area contributed by atoms with Gasteiger partial charge in [-0.1, -0.05) is 127 Å². The molecular weight excluding hydrogens is 835 g/mol. The molecule has 0 aliphatic carbocycles. The molecular formula is C54H57N3O9. The lowest BCUT2D eigenvalue weighted by Crippen LogP contribution is -2.66. The van der Waals surface area contributed by atoms with Crippen LogP contribution >= 0.6 is 0 Å². The third-order valence-corrected chi connectivity index (χ3v) is 11.6. The van der Waals surface area contributed by atoms with Crippen LogP contribution in [0.2, 0.25) is 0 Å². The first-order valence-electron chi connectivity index (χ1n) is 22.0. The molecule has 0 spiro atoms. The van der Waals surface area contributed by atoms with E-state index in [0.717, 1.165) is 33.4 Å². The number of esters is 3. The zero-order chi connectivity index (χ0) is 46.1. The van der Waals surface area contributed by atoms with E-state index < -0.39 is 36.0 Å². The van der Waals surface area contributed by atoms with Gasteiger partial charge in [0.05, 0.1) is 41.3 Å². The van der Waals surface area contributed by atoms with Gasteiger partial charge in [0, 0.05) is 0 Å². The highest BCUT2D eigenvalue weighted by Gasteiger charge is 2.42. The summed E-state index contributed by atoms with van der Waals surface area (Å²) >= 11 is 0. The molecule has 0 saturated carbocycles. The van der Waals surface area contributed by atoms with E-state index in [4.69, 9.17) is 28.4 Å². The third kappa shape index (κ3) is 13.3. The molecule has 1 heterocycles. The highest BCUT2D eigenvalue weighted by Crippen LogP contribution is 2.26. The average molecular weight is 892 g/mol. The minimum atomic E-state index is -0.796. The van der Waals surface area contributed by atoms with Gasteiger partial charge in [-0.25, -0.2) is 0 Å². The molecule has 0 amide bonds. The Balaban J connectivity index is 1.14. The summed E-state index contributed by atoms with van der Waals surface area (Å²) in [5.41, 5.74) is 5.78. The molecule has 1 saturated heterocycles. The predicted octanol–water partition coefficient (Wildman–Crippen LogP) is 7.87. The Morgan fingerprint density at radius 2 is 0.606 bits per heavy atom. The van der Waals surface area contributed by atoms with Crippen LogP contribution in [0.1, 0.15) is 33.4 Å². The van der Waals surface area contributed by atoms with Crippen molar-refractivity contribution in [2.24, 2.45) is 0 Å². The fourth-order valence-corrected chi connectivity index (χ4v) is 7.98. The summed E-state index contributed by atoms with van der Waals surface area (Å²) in [6.45, 7) is 1.83. The van der Waals surface area contributed by atoms with Crippen LogP contribution in [-0.4, -0.2) is 92.1 Å². The van der Waals surface area contributed by atoms with Gasteiger partial charge in [0.25, 0.3) is 0 Å². The van der Waals surface area contributed by atoms with E-state index in [1.807, 2.05) is 178 Å². The van der Waals surface area contributed by atoms with Crippen molar-refractivity contribution in [3.05, 3.63) is 197 Å². The molecule has 66 heavy (non-hydrogen) atoms. The lowest BCUT2D eigenvalue weighted by molar-refractivity contribution is -0.166. The summed E-state index contributed by atoms with van der Waals surface area (Å²) in [6.07, 6.45) is 0.857. The average Bonchev–Trinajstić information content (AvgIpc) is 3.38. The van der Waals surface area contributed by atoms with Crippen molar-refractivity contribution in [1.29, 1.82) is 0 Å². The first-order valence-corrected chi connectivity index (χ1v) is 22.0. The van der Waals surface area contributed by atoms with Crippen LogP contribution < -0.4 is 14.2 Å². The Hall–Kier alpha value is -6.99. The molecule has 3 atom stereocenters. The minimum Gasteiger partial charge on any atom is -0.489 e. The van der Waals surface area contributed by atoms with E-state index in [0.29, 0.717) is 37.1 Å². The van der Waals surface area contributed by atoms with Gasteiger partial charge in [-0.05, 0) is 89.0 Å². The highest BCUT2D eigenvalue weighted by molar-refractivity contribution is 5.78. The summed E-state index contributed by atoms with van der Waals surface area (Å²) in [6, 6.07) is 50.3. The number of methoxy groups -OCH3 is 3. The van der Waals surface area contributed by atoms with Crippen molar-refractivity contribution in [3.63, 3.8) is 0 Å². The quantitative estimate of drug-likeness (QED) is 0.0518. The van der Waals surface area contributed by atoms with Crippen molar-refractivity contribution in [2.45, 2.75) is 57.2 Å². The zero-order valence-corrected chi connectivity index (χ0v) is 37.7. The van der Waals surface area contributed by atoms with Crippen molar-refractivity contribution in [1.82, 2.24) is 14.7 Å². The monoisotopic (exact) mass is 891 g/mol. The van der Waals surface area contributed by atoms with E-state index in [-0.39, 0.29) is 39.3 Å². The first-order chi connectivity index (χ1) is 32.3. The number of carbonyl (C=O) groups is 3. The second-order valence-corrected chi connectivity index (χ2v) is 16.2. The molecule has 342 valence electrons. The summed E-state index contributed by atoms with van der Waals surface area (Å²) in [7, 11) is 4.10. The zero-order valence-electron chi connectivity index (χ0n) is 37.7. The van der Waals surface area contributed by atoms with Gasteiger partial charge in [0.1, 0.15) is 55.2 Å². The molecule has 7 rings (SSSR count). The summed E-state index contributed by atoms with van der Waals surface area (Å²) in [4.78, 5) is 47.5. The summed E-state index contributed by atoms with van der Waals surface area (Å²) < 4.78 is 34.4. The Morgan fingerprint density at radius 3 is 0.833 bits per heavy atom. The number of nitrogens with zero attached hydrogens (tertiary/aromatic N) is 3.